The van der Waals surface area contributed by atoms with E-state index < -0.39 is 6.04 Å². The molecule has 0 N–H and O–H groups in total. The second-order valence-corrected chi connectivity index (χ2v) is 4.32. The molecule has 0 aliphatic heterocycles. The molecule has 0 heterocycles. The van der Waals surface area contributed by atoms with Crippen molar-refractivity contribution in [3.8, 4) is 0 Å². The maximum atomic E-state index is 11.0. The Hall–Kier alpha value is -0.730. The van der Waals surface area contributed by atoms with Crippen molar-refractivity contribution in [2.45, 2.75) is 40.7 Å². The summed E-state index contributed by atoms with van der Waals surface area (Å²) in [5, 5.41) is 3.01. The molecule has 3 heteroatoms. The Morgan fingerprint density at radius 3 is 1.83 bits per heavy atom. The zero-order valence-electron chi connectivity index (χ0n) is 8.42. The van der Waals surface area contributed by atoms with E-state index in [2.05, 4.69) is 5.18 Å². The molecule has 0 saturated heterocycles. The smallest absolute Gasteiger partial charge is 0.134 e. The molecule has 0 fully saturated rings. The lowest BCUT2D eigenvalue weighted by molar-refractivity contribution is -0.121. The molecule has 0 radical (unpaired) electrons. The zero-order valence-corrected chi connectivity index (χ0v) is 8.42. The molecule has 2 unspecified atom stereocenters. The fourth-order valence-corrected chi connectivity index (χ4v) is 1.22. The predicted molar refractivity (Wildman–Crippen MR) is 48.9 cm³/mol. The molecule has 0 aliphatic rings. The van der Waals surface area contributed by atoms with Gasteiger partial charge in [0.15, 0.2) is 0 Å². The normalized spacial score (nSPS) is 16.8. The Kier molecular flexibility index (Phi) is 3.55. The molecule has 0 aromatic heterocycles. The summed E-state index contributed by atoms with van der Waals surface area (Å²) < 4.78 is 0. The van der Waals surface area contributed by atoms with Gasteiger partial charge in [-0.05, 0) is 12.3 Å². The standard InChI is InChI=1S/C9H17NO2/c1-6(7(2)11)8(10-12)9(3,4)5/h6,8H,1-5H3. The van der Waals surface area contributed by atoms with Crippen molar-refractivity contribution in [1.82, 2.24) is 0 Å². The summed E-state index contributed by atoms with van der Waals surface area (Å²) in [6.45, 7) is 8.99. The first-order chi connectivity index (χ1) is 5.30. The lowest BCUT2D eigenvalue weighted by Gasteiger charge is -2.27. The minimum absolute atomic E-state index is 0.0227. The number of hydrogen-bond acceptors (Lipinski definition) is 3. The van der Waals surface area contributed by atoms with Gasteiger partial charge in [-0.2, -0.15) is 4.91 Å². The third kappa shape index (κ3) is 2.72. The van der Waals surface area contributed by atoms with Crippen molar-refractivity contribution in [2.75, 3.05) is 0 Å². The quantitative estimate of drug-likeness (QED) is 0.612. The van der Waals surface area contributed by atoms with Crippen LogP contribution in [0, 0.1) is 16.2 Å². The summed E-state index contributed by atoms with van der Waals surface area (Å²) in [6, 6.07) is -0.421. The zero-order chi connectivity index (χ0) is 9.94. The van der Waals surface area contributed by atoms with E-state index in [1.807, 2.05) is 20.8 Å². The van der Waals surface area contributed by atoms with Gasteiger partial charge >= 0.3 is 0 Å². The minimum Gasteiger partial charge on any atom is -0.300 e. The average molecular weight is 171 g/mol. The first-order valence-electron chi connectivity index (χ1n) is 4.13. The number of carbonyl (C=O) groups is 1. The van der Waals surface area contributed by atoms with Crippen LogP contribution in [0.2, 0.25) is 0 Å². The highest BCUT2D eigenvalue weighted by atomic mass is 16.3. The van der Waals surface area contributed by atoms with Crippen LogP contribution in [0.4, 0.5) is 0 Å². The molecule has 0 bridgehead atoms. The molecule has 12 heavy (non-hydrogen) atoms. The Bertz CT molecular complexity index is 181. The van der Waals surface area contributed by atoms with E-state index in [-0.39, 0.29) is 17.1 Å². The summed E-state index contributed by atoms with van der Waals surface area (Å²) in [4.78, 5) is 21.5. The van der Waals surface area contributed by atoms with Crippen LogP contribution in [0.3, 0.4) is 0 Å². The monoisotopic (exact) mass is 171 g/mol. The third-order valence-corrected chi connectivity index (χ3v) is 2.12. The van der Waals surface area contributed by atoms with E-state index >= 15 is 0 Å². The van der Waals surface area contributed by atoms with Gasteiger partial charge in [-0.15, -0.1) is 0 Å². The van der Waals surface area contributed by atoms with E-state index in [1.54, 1.807) is 6.92 Å². The lowest BCUT2D eigenvalue weighted by Crippen LogP contribution is -2.34. The number of carbonyl (C=O) groups excluding carboxylic acids is 1. The van der Waals surface area contributed by atoms with Gasteiger partial charge < -0.3 is 0 Å². The molecule has 0 aromatic carbocycles. The Morgan fingerprint density at radius 1 is 1.33 bits per heavy atom. The molecule has 70 valence electrons. The average Bonchev–Trinajstić information content (AvgIpc) is 1.85. The first-order valence-corrected chi connectivity index (χ1v) is 4.13. The summed E-state index contributed by atoms with van der Waals surface area (Å²) in [5.74, 6) is -0.253. The number of hydrogen-bond donors (Lipinski definition) is 0. The van der Waals surface area contributed by atoms with Crippen molar-refractivity contribution in [3.63, 3.8) is 0 Å². The van der Waals surface area contributed by atoms with Crippen LogP contribution >= 0.6 is 0 Å². The number of nitroso groups, excluding NO2 is 1. The van der Waals surface area contributed by atoms with Crippen molar-refractivity contribution >= 4 is 5.78 Å². The van der Waals surface area contributed by atoms with Crippen LogP contribution < -0.4 is 0 Å². The molecule has 0 rings (SSSR count). The maximum Gasteiger partial charge on any atom is 0.134 e. The topological polar surface area (TPSA) is 46.5 Å². The van der Waals surface area contributed by atoms with Crippen LogP contribution in [-0.4, -0.2) is 11.8 Å². The highest BCUT2D eigenvalue weighted by Crippen LogP contribution is 2.28. The van der Waals surface area contributed by atoms with Gasteiger partial charge in [0.1, 0.15) is 11.8 Å². The van der Waals surface area contributed by atoms with Crippen LogP contribution in [0.25, 0.3) is 0 Å². The van der Waals surface area contributed by atoms with Gasteiger partial charge in [0, 0.05) is 5.92 Å². The van der Waals surface area contributed by atoms with Gasteiger partial charge in [-0.3, -0.25) is 4.79 Å². The molecular weight excluding hydrogens is 154 g/mol. The second kappa shape index (κ2) is 3.78. The fraction of sp³-hybridized carbons (Fsp3) is 0.889. The molecule has 0 aromatic rings. The third-order valence-electron chi connectivity index (χ3n) is 2.12. The van der Waals surface area contributed by atoms with Gasteiger partial charge in [0.25, 0.3) is 0 Å². The summed E-state index contributed by atoms with van der Waals surface area (Å²) in [6.07, 6.45) is 0. The van der Waals surface area contributed by atoms with Crippen LogP contribution in [0.1, 0.15) is 34.6 Å². The summed E-state index contributed by atoms with van der Waals surface area (Å²) >= 11 is 0. The van der Waals surface area contributed by atoms with E-state index in [9.17, 15) is 9.70 Å². The Morgan fingerprint density at radius 2 is 1.75 bits per heavy atom. The molecule has 2 atom stereocenters. The van der Waals surface area contributed by atoms with Crippen molar-refractivity contribution in [1.29, 1.82) is 0 Å². The van der Waals surface area contributed by atoms with Gasteiger partial charge in [0.05, 0.1) is 0 Å². The molecular formula is C9H17NO2. The molecule has 3 nitrogen and oxygen atoms in total. The Balaban J connectivity index is 4.57. The van der Waals surface area contributed by atoms with Crippen molar-refractivity contribution < 1.29 is 4.79 Å². The van der Waals surface area contributed by atoms with Crippen molar-refractivity contribution in [2.24, 2.45) is 16.5 Å². The summed E-state index contributed by atoms with van der Waals surface area (Å²) in [7, 11) is 0. The van der Waals surface area contributed by atoms with Gasteiger partial charge in [-0.25, -0.2) is 0 Å². The van der Waals surface area contributed by atoms with Crippen LogP contribution in [-0.2, 0) is 4.79 Å². The number of nitrogens with zero attached hydrogens (tertiary/aromatic N) is 1. The molecule has 0 amide bonds. The predicted octanol–water partition coefficient (Wildman–Crippen LogP) is 2.39. The maximum absolute atomic E-state index is 11.0. The van der Waals surface area contributed by atoms with Crippen LogP contribution in [0.5, 0.6) is 0 Å². The molecule has 0 spiro atoms. The lowest BCUT2D eigenvalue weighted by atomic mass is 9.79. The van der Waals surface area contributed by atoms with E-state index in [4.69, 9.17) is 0 Å². The fourth-order valence-electron chi connectivity index (χ4n) is 1.22. The van der Waals surface area contributed by atoms with E-state index in [0.29, 0.717) is 0 Å². The number of rotatable bonds is 3. The first kappa shape index (κ1) is 11.3. The SMILES string of the molecule is CC(=O)C(C)C(N=O)C(C)(C)C. The highest BCUT2D eigenvalue weighted by Gasteiger charge is 2.33. The largest absolute Gasteiger partial charge is 0.300 e. The molecule has 0 aliphatic carbocycles. The van der Waals surface area contributed by atoms with E-state index in [1.165, 1.54) is 6.92 Å². The van der Waals surface area contributed by atoms with Crippen molar-refractivity contribution in [3.05, 3.63) is 4.91 Å². The minimum atomic E-state index is -0.421. The van der Waals surface area contributed by atoms with Gasteiger partial charge in [0.2, 0.25) is 0 Å². The summed E-state index contributed by atoms with van der Waals surface area (Å²) in [5.41, 5.74) is -0.229. The number of ketones is 1. The second-order valence-electron chi connectivity index (χ2n) is 4.32. The van der Waals surface area contributed by atoms with Crippen LogP contribution in [0.15, 0.2) is 5.18 Å². The highest BCUT2D eigenvalue weighted by molar-refractivity contribution is 5.78. The Labute approximate surface area is 73.5 Å². The number of Topliss-reactive ketones (excluding diaryl/α,β-unsaturated/α-hetero) is 1. The molecule has 0 saturated carbocycles. The van der Waals surface area contributed by atoms with Gasteiger partial charge in [-0.1, -0.05) is 32.9 Å². The van der Waals surface area contributed by atoms with E-state index in [0.717, 1.165) is 0 Å².